The molecule has 0 aromatic heterocycles. The van der Waals surface area contributed by atoms with Crippen molar-refractivity contribution in [2.75, 3.05) is 31.1 Å². The number of amides is 1. The molecule has 162 valence electrons. The largest absolute Gasteiger partial charge is 0.416 e. The highest BCUT2D eigenvalue weighted by Gasteiger charge is 2.34. The molecule has 0 aliphatic carbocycles. The van der Waals surface area contributed by atoms with Gasteiger partial charge >= 0.3 is 6.18 Å². The lowest BCUT2D eigenvalue weighted by molar-refractivity contribution is -0.384. The van der Waals surface area contributed by atoms with Crippen molar-refractivity contribution in [2.24, 2.45) is 0 Å². The van der Waals surface area contributed by atoms with Crippen LogP contribution in [0.2, 0.25) is 0 Å². The number of aryl methyl sites for hydroxylation is 1. The quantitative estimate of drug-likeness (QED) is 0.530. The van der Waals surface area contributed by atoms with E-state index in [1.165, 1.54) is 0 Å². The zero-order valence-electron chi connectivity index (χ0n) is 16.4. The first kappa shape index (κ1) is 22.1. The summed E-state index contributed by atoms with van der Waals surface area (Å²) in [6.45, 7) is 1.22. The molecule has 0 spiro atoms. The first-order valence-electron chi connectivity index (χ1n) is 9.56. The Labute approximate surface area is 176 Å². The molecule has 1 fully saturated rings. The number of halogens is 3. The van der Waals surface area contributed by atoms with Crippen molar-refractivity contribution < 1.29 is 22.9 Å². The van der Waals surface area contributed by atoms with Crippen LogP contribution in [0.25, 0.3) is 0 Å². The monoisotopic (exact) mass is 432 g/mol. The van der Waals surface area contributed by atoms with Gasteiger partial charge in [-0.15, -0.1) is 0 Å². The number of rotatable bonds is 5. The van der Waals surface area contributed by atoms with Crippen molar-refractivity contribution in [3.8, 4) is 6.07 Å². The SMILES string of the molecule is N#Cc1ccc(CCC(=O)N2CCN(c3ccc(C(F)(F)F)cc3[N+](=O)[O-])CC2)cc1. The van der Waals surface area contributed by atoms with Crippen LogP contribution in [0, 0.1) is 21.4 Å². The zero-order valence-corrected chi connectivity index (χ0v) is 16.4. The Morgan fingerprint density at radius 1 is 1.10 bits per heavy atom. The van der Waals surface area contributed by atoms with Crippen molar-refractivity contribution >= 4 is 17.3 Å². The van der Waals surface area contributed by atoms with E-state index in [1.807, 2.05) is 6.07 Å². The average Bonchev–Trinajstić information content (AvgIpc) is 2.77. The van der Waals surface area contributed by atoms with Crippen molar-refractivity contribution in [3.05, 3.63) is 69.3 Å². The van der Waals surface area contributed by atoms with Crippen molar-refractivity contribution in [1.29, 1.82) is 5.26 Å². The molecule has 1 heterocycles. The highest BCUT2D eigenvalue weighted by molar-refractivity contribution is 5.77. The van der Waals surface area contributed by atoms with Crippen LogP contribution in [0.3, 0.4) is 0 Å². The van der Waals surface area contributed by atoms with Crippen LogP contribution in [0.5, 0.6) is 0 Å². The highest BCUT2D eigenvalue weighted by atomic mass is 19.4. The third kappa shape index (κ3) is 5.31. The minimum absolute atomic E-state index is 0.0640. The standard InChI is InChI=1S/C21H19F3N4O3/c22-21(23,24)17-6-7-18(19(13-17)28(30)31)26-9-11-27(12-10-26)20(29)8-5-15-1-3-16(14-25)4-2-15/h1-4,6-7,13H,5,8-12H2. The molecule has 1 aliphatic heterocycles. The van der Waals surface area contributed by atoms with Gasteiger partial charge in [0, 0.05) is 38.7 Å². The predicted molar refractivity (Wildman–Crippen MR) is 106 cm³/mol. The van der Waals surface area contributed by atoms with Crippen LogP contribution in [0.4, 0.5) is 24.5 Å². The fraction of sp³-hybridized carbons (Fsp3) is 0.333. The Balaban J connectivity index is 1.60. The third-order valence-corrected chi connectivity index (χ3v) is 5.18. The molecule has 1 saturated heterocycles. The summed E-state index contributed by atoms with van der Waals surface area (Å²) in [5.74, 6) is -0.0640. The van der Waals surface area contributed by atoms with E-state index in [9.17, 15) is 28.1 Å². The summed E-state index contributed by atoms with van der Waals surface area (Å²) < 4.78 is 38.7. The second-order valence-electron chi connectivity index (χ2n) is 7.13. The topological polar surface area (TPSA) is 90.5 Å². The number of alkyl halides is 3. The summed E-state index contributed by atoms with van der Waals surface area (Å²) in [6, 6.07) is 11.5. The minimum atomic E-state index is -4.66. The van der Waals surface area contributed by atoms with E-state index >= 15 is 0 Å². The van der Waals surface area contributed by atoms with Crippen LogP contribution in [-0.4, -0.2) is 41.9 Å². The number of piperazine rings is 1. The van der Waals surface area contributed by atoms with Crippen molar-refractivity contribution in [1.82, 2.24) is 4.90 Å². The normalized spacial score (nSPS) is 14.3. The van der Waals surface area contributed by atoms with Gasteiger partial charge < -0.3 is 9.80 Å². The van der Waals surface area contributed by atoms with E-state index < -0.39 is 22.4 Å². The Morgan fingerprint density at radius 3 is 2.29 bits per heavy atom. The summed E-state index contributed by atoms with van der Waals surface area (Å²) in [6.07, 6.45) is -3.86. The van der Waals surface area contributed by atoms with E-state index in [-0.39, 0.29) is 31.1 Å². The van der Waals surface area contributed by atoms with Gasteiger partial charge in [0.25, 0.3) is 5.69 Å². The fourth-order valence-electron chi connectivity index (χ4n) is 3.47. The van der Waals surface area contributed by atoms with Gasteiger partial charge in [0.1, 0.15) is 5.69 Å². The van der Waals surface area contributed by atoms with Gasteiger partial charge in [-0.3, -0.25) is 14.9 Å². The Morgan fingerprint density at radius 2 is 1.74 bits per heavy atom. The number of hydrogen-bond donors (Lipinski definition) is 0. The van der Waals surface area contributed by atoms with E-state index in [1.54, 1.807) is 34.1 Å². The summed E-state index contributed by atoms with van der Waals surface area (Å²) in [5, 5.41) is 20.1. The lowest BCUT2D eigenvalue weighted by Crippen LogP contribution is -2.49. The second-order valence-corrected chi connectivity index (χ2v) is 7.13. The predicted octanol–water partition coefficient (Wildman–Crippen LogP) is 3.77. The maximum Gasteiger partial charge on any atom is 0.416 e. The van der Waals surface area contributed by atoms with E-state index in [0.717, 1.165) is 17.7 Å². The minimum Gasteiger partial charge on any atom is -0.362 e. The fourth-order valence-corrected chi connectivity index (χ4v) is 3.47. The zero-order chi connectivity index (χ0) is 22.6. The summed E-state index contributed by atoms with van der Waals surface area (Å²) in [7, 11) is 0. The van der Waals surface area contributed by atoms with Crippen LogP contribution in [0.15, 0.2) is 42.5 Å². The number of carbonyl (C=O) groups is 1. The lowest BCUT2D eigenvalue weighted by Gasteiger charge is -2.36. The van der Waals surface area contributed by atoms with Crippen molar-refractivity contribution in [2.45, 2.75) is 19.0 Å². The molecule has 0 saturated carbocycles. The maximum atomic E-state index is 12.9. The molecule has 3 rings (SSSR count). The van der Waals surface area contributed by atoms with Gasteiger partial charge in [0.2, 0.25) is 5.91 Å². The van der Waals surface area contributed by atoms with Gasteiger partial charge in [-0.2, -0.15) is 18.4 Å². The number of nitriles is 1. The average molecular weight is 432 g/mol. The smallest absolute Gasteiger partial charge is 0.362 e. The number of nitrogens with zero attached hydrogens (tertiary/aromatic N) is 4. The molecule has 7 nitrogen and oxygen atoms in total. The van der Waals surface area contributed by atoms with E-state index in [4.69, 9.17) is 5.26 Å². The second kappa shape index (κ2) is 9.04. The van der Waals surface area contributed by atoms with Gasteiger partial charge in [-0.1, -0.05) is 12.1 Å². The van der Waals surface area contributed by atoms with Crippen LogP contribution in [0.1, 0.15) is 23.1 Å². The number of hydrogen-bond acceptors (Lipinski definition) is 5. The van der Waals surface area contributed by atoms with Crippen molar-refractivity contribution in [3.63, 3.8) is 0 Å². The molecule has 1 amide bonds. The first-order chi connectivity index (χ1) is 14.7. The van der Waals surface area contributed by atoms with Gasteiger partial charge in [0.15, 0.2) is 0 Å². The number of anilines is 1. The Bertz CT molecular complexity index is 1010. The summed E-state index contributed by atoms with van der Waals surface area (Å²) >= 11 is 0. The van der Waals surface area contributed by atoms with Gasteiger partial charge in [-0.05, 0) is 36.2 Å². The summed E-state index contributed by atoms with van der Waals surface area (Å²) in [4.78, 5) is 26.3. The molecule has 2 aromatic carbocycles. The molecule has 31 heavy (non-hydrogen) atoms. The van der Waals surface area contributed by atoms with E-state index in [0.29, 0.717) is 31.1 Å². The Hall–Kier alpha value is -3.61. The number of nitro groups is 1. The lowest BCUT2D eigenvalue weighted by atomic mass is 10.1. The van der Waals surface area contributed by atoms with Crippen LogP contribution >= 0.6 is 0 Å². The van der Waals surface area contributed by atoms with Gasteiger partial charge in [0.05, 0.1) is 22.1 Å². The molecular formula is C21H19F3N4O3. The Kier molecular flexibility index (Phi) is 6.44. The first-order valence-corrected chi connectivity index (χ1v) is 9.56. The van der Waals surface area contributed by atoms with E-state index in [2.05, 4.69) is 0 Å². The van der Waals surface area contributed by atoms with Crippen LogP contribution in [-0.2, 0) is 17.4 Å². The molecular weight excluding hydrogens is 413 g/mol. The molecule has 0 radical (unpaired) electrons. The number of carbonyl (C=O) groups excluding carboxylic acids is 1. The number of benzene rings is 2. The van der Waals surface area contributed by atoms with Gasteiger partial charge in [-0.25, -0.2) is 0 Å². The molecule has 0 bridgehead atoms. The summed E-state index contributed by atoms with van der Waals surface area (Å²) in [5.41, 5.74) is -0.0763. The molecule has 10 heteroatoms. The molecule has 0 atom stereocenters. The highest BCUT2D eigenvalue weighted by Crippen LogP contribution is 2.36. The van der Waals surface area contributed by atoms with Crippen LogP contribution < -0.4 is 4.90 Å². The molecule has 0 unspecified atom stereocenters. The maximum absolute atomic E-state index is 12.9. The third-order valence-electron chi connectivity index (χ3n) is 5.18. The molecule has 0 N–H and O–H groups in total. The molecule has 1 aliphatic rings. The number of nitro benzene ring substituents is 1. The molecule has 2 aromatic rings.